The summed E-state index contributed by atoms with van der Waals surface area (Å²) in [5.74, 6) is 2.63. The molecular weight excluding hydrogens is 290 g/mol. The van der Waals surface area contributed by atoms with Crippen molar-refractivity contribution in [1.82, 2.24) is 10.2 Å². The molecule has 1 aromatic carbocycles. The Bertz CT molecular complexity index is 501. The molecule has 1 aliphatic rings. The fourth-order valence-corrected chi connectivity index (χ4v) is 2.27. The molecule has 0 saturated heterocycles. The number of aliphatic imine (C=N–C) groups is 1. The number of benzene rings is 1. The molecular formula is C18H29N3O2. The van der Waals surface area contributed by atoms with Gasteiger partial charge in [-0.15, -0.1) is 0 Å². The van der Waals surface area contributed by atoms with Gasteiger partial charge in [-0.1, -0.05) is 18.2 Å². The van der Waals surface area contributed by atoms with Gasteiger partial charge >= 0.3 is 0 Å². The molecule has 1 saturated carbocycles. The minimum absolute atomic E-state index is 0.625. The molecule has 5 heteroatoms. The number of nitrogens with zero attached hydrogens (tertiary/aromatic N) is 2. The average molecular weight is 319 g/mol. The Kier molecular flexibility index (Phi) is 7.20. The van der Waals surface area contributed by atoms with Gasteiger partial charge in [0.15, 0.2) is 5.96 Å². The zero-order valence-electron chi connectivity index (χ0n) is 14.5. The van der Waals surface area contributed by atoms with E-state index in [-0.39, 0.29) is 0 Å². The summed E-state index contributed by atoms with van der Waals surface area (Å²) in [4.78, 5) is 6.37. The summed E-state index contributed by atoms with van der Waals surface area (Å²) in [6.07, 6.45) is 2.66. The van der Waals surface area contributed by atoms with Crippen LogP contribution in [0.5, 0.6) is 5.75 Å². The quantitative estimate of drug-likeness (QED) is 0.431. The predicted octanol–water partition coefficient (Wildman–Crippen LogP) is 2.31. The highest BCUT2D eigenvalue weighted by Gasteiger charge is 2.20. The minimum atomic E-state index is 0.625. The monoisotopic (exact) mass is 319 g/mol. The van der Waals surface area contributed by atoms with Crippen molar-refractivity contribution in [2.75, 3.05) is 47.0 Å². The van der Waals surface area contributed by atoms with Crippen LogP contribution in [-0.4, -0.2) is 57.9 Å². The third kappa shape index (κ3) is 6.48. The minimum Gasteiger partial charge on any atom is -0.491 e. The number of para-hydroxylation sites is 1. The second-order valence-corrected chi connectivity index (χ2v) is 6.03. The Morgan fingerprint density at radius 3 is 2.78 bits per heavy atom. The molecule has 0 aromatic heterocycles. The van der Waals surface area contributed by atoms with Gasteiger partial charge in [0.25, 0.3) is 0 Å². The second-order valence-electron chi connectivity index (χ2n) is 6.03. The molecule has 0 amide bonds. The molecule has 0 atom stereocenters. The van der Waals surface area contributed by atoms with E-state index in [0.29, 0.717) is 6.61 Å². The van der Waals surface area contributed by atoms with E-state index in [2.05, 4.69) is 28.2 Å². The van der Waals surface area contributed by atoms with E-state index >= 15 is 0 Å². The fraction of sp³-hybridized carbons (Fsp3) is 0.611. The highest BCUT2D eigenvalue weighted by molar-refractivity contribution is 5.79. The molecule has 0 radical (unpaired) electrons. The van der Waals surface area contributed by atoms with Gasteiger partial charge in [0.05, 0.1) is 13.2 Å². The third-order valence-corrected chi connectivity index (χ3v) is 3.93. The van der Waals surface area contributed by atoms with Crippen molar-refractivity contribution in [3.8, 4) is 5.75 Å². The van der Waals surface area contributed by atoms with Crippen LogP contribution in [0.4, 0.5) is 0 Å². The SMILES string of the molecule is CN=C(NCCOCC1CC1)N(C)CCOc1ccccc1C. The van der Waals surface area contributed by atoms with Crippen molar-refractivity contribution in [3.63, 3.8) is 0 Å². The summed E-state index contributed by atoms with van der Waals surface area (Å²) in [6, 6.07) is 8.07. The summed E-state index contributed by atoms with van der Waals surface area (Å²) in [7, 11) is 3.81. The number of nitrogens with one attached hydrogen (secondary N) is 1. The maximum absolute atomic E-state index is 5.83. The van der Waals surface area contributed by atoms with Crippen molar-refractivity contribution in [2.45, 2.75) is 19.8 Å². The first kappa shape index (κ1) is 17.6. The number of likely N-dealkylation sites (N-methyl/N-ethyl adjacent to an activating group) is 1. The predicted molar refractivity (Wildman–Crippen MR) is 94.2 cm³/mol. The summed E-state index contributed by atoms with van der Waals surface area (Å²) in [6.45, 7) is 5.87. The lowest BCUT2D eigenvalue weighted by molar-refractivity contribution is 0.128. The van der Waals surface area contributed by atoms with Crippen LogP contribution in [0.2, 0.25) is 0 Å². The number of aryl methyl sites for hydroxylation is 1. The van der Waals surface area contributed by atoms with Crippen molar-refractivity contribution in [1.29, 1.82) is 0 Å². The third-order valence-electron chi connectivity index (χ3n) is 3.93. The van der Waals surface area contributed by atoms with E-state index < -0.39 is 0 Å². The Morgan fingerprint density at radius 2 is 2.09 bits per heavy atom. The van der Waals surface area contributed by atoms with Gasteiger partial charge in [-0.3, -0.25) is 4.99 Å². The summed E-state index contributed by atoms with van der Waals surface area (Å²) in [5.41, 5.74) is 1.16. The Labute approximate surface area is 139 Å². The molecule has 0 aliphatic heterocycles. The van der Waals surface area contributed by atoms with Crippen LogP contribution in [-0.2, 0) is 4.74 Å². The normalized spacial score (nSPS) is 14.7. The Morgan fingerprint density at radius 1 is 1.30 bits per heavy atom. The Hall–Kier alpha value is -1.75. The maximum atomic E-state index is 5.83. The summed E-state index contributed by atoms with van der Waals surface area (Å²) in [5, 5.41) is 3.32. The van der Waals surface area contributed by atoms with E-state index in [0.717, 1.165) is 49.5 Å². The van der Waals surface area contributed by atoms with Crippen LogP contribution in [0.3, 0.4) is 0 Å². The zero-order valence-corrected chi connectivity index (χ0v) is 14.5. The van der Waals surface area contributed by atoms with E-state index in [9.17, 15) is 0 Å². The molecule has 0 spiro atoms. The number of rotatable bonds is 9. The fourth-order valence-electron chi connectivity index (χ4n) is 2.27. The van der Waals surface area contributed by atoms with Gasteiger partial charge < -0.3 is 19.7 Å². The highest BCUT2D eigenvalue weighted by Crippen LogP contribution is 2.28. The van der Waals surface area contributed by atoms with Crippen LogP contribution >= 0.6 is 0 Å². The molecule has 1 fully saturated rings. The maximum Gasteiger partial charge on any atom is 0.193 e. The van der Waals surface area contributed by atoms with Gasteiger partial charge in [-0.05, 0) is 37.3 Å². The molecule has 0 unspecified atom stereocenters. The van der Waals surface area contributed by atoms with Gasteiger partial charge in [-0.25, -0.2) is 0 Å². The van der Waals surface area contributed by atoms with Gasteiger partial charge in [0.1, 0.15) is 12.4 Å². The summed E-state index contributed by atoms with van der Waals surface area (Å²) >= 11 is 0. The van der Waals surface area contributed by atoms with Crippen LogP contribution in [0.1, 0.15) is 18.4 Å². The number of hydrogen-bond acceptors (Lipinski definition) is 3. The first-order valence-electron chi connectivity index (χ1n) is 8.38. The first-order chi connectivity index (χ1) is 11.2. The van der Waals surface area contributed by atoms with Crippen LogP contribution in [0.15, 0.2) is 29.3 Å². The van der Waals surface area contributed by atoms with Gasteiger partial charge in [0, 0.05) is 27.2 Å². The van der Waals surface area contributed by atoms with Gasteiger partial charge in [0.2, 0.25) is 0 Å². The van der Waals surface area contributed by atoms with E-state index in [1.807, 2.05) is 25.2 Å². The highest BCUT2D eigenvalue weighted by atomic mass is 16.5. The smallest absolute Gasteiger partial charge is 0.193 e. The lowest BCUT2D eigenvalue weighted by atomic mass is 10.2. The largest absolute Gasteiger partial charge is 0.491 e. The van der Waals surface area contributed by atoms with E-state index in [4.69, 9.17) is 9.47 Å². The average Bonchev–Trinajstić information content (AvgIpc) is 3.37. The molecule has 1 aromatic rings. The van der Waals surface area contributed by atoms with Crippen LogP contribution in [0.25, 0.3) is 0 Å². The molecule has 5 nitrogen and oxygen atoms in total. The van der Waals surface area contributed by atoms with E-state index in [1.165, 1.54) is 12.8 Å². The topological polar surface area (TPSA) is 46.1 Å². The van der Waals surface area contributed by atoms with Crippen molar-refractivity contribution < 1.29 is 9.47 Å². The van der Waals surface area contributed by atoms with Gasteiger partial charge in [-0.2, -0.15) is 0 Å². The zero-order chi connectivity index (χ0) is 16.5. The standard InChI is InChI=1S/C18H29N3O2/c1-15-6-4-5-7-17(15)23-13-11-21(3)18(19-2)20-10-12-22-14-16-8-9-16/h4-7,16H,8-14H2,1-3H3,(H,19,20). The van der Waals surface area contributed by atoms with Crippen molar-refractivity contribution in [3.05, 3.63) is 29.8 Å². The molecule has 23 heavy (non-hydrogen) atoms. The lowest BCUT2D eigenvalue weighted by Crippen LogP contribution is -2.42. The molecule has 1 N–H and O–H groups in total. The number of guanidine groups is 1. The lowest BCUT2D eigenvalue weighted by Gasteiger charge is -2.22. The van der Waals surface area contributed by atoms with Crippen LogP contribution < -0.4 is 10.1 Å². The molecule has 2 rings (SSSR count). The Balaban J connectivity index is 1.61. The first-order valence-corrected chi connectivity index (χ1v) is 8.38. The molecule has 0 bridgehead atoms. The number of hydrogen-bond donors (Lipinski definition) is 1. The van der Waals surface area contributed by atoms with Crippen molar-refractivity contribution in [2.24, 2.45) is 10.9 Å². The summed E-state index contributed by atoms with van der Waals surface area (Å²) < 4.78 is 11.5. The molecule has 0 heterocycles. The molecule has 1 aliphatic carbocycles. The number of ether oxygens (including phenoxy) is 2. The van der Waals surface area contributed by atoms with E-state index in [1.54, 1.807) is 7.05 Å². The van der Waals surface area contributed by atoms with Crippen molar-refractivity contribution >= 4 is 5.96 Å². The second kappa shape index (κ2) is 9.40. The van der Waals surface area contributed by atoms with Crippen LogP contribution in [0, 0.1) is 12.8 Å². The molecule has 128 valence electrons.